The molecule has 1 aliphatic heterocycles. The first-order chi connectivity index (χ1) is 14.3. The van der Waals surface area contributed by atoms with Crippen molar-refractivity contribution in [3.8, 4) is 0 Å². The number of hydrogen-bond donors (Lipinski definition) is 1. The molecule has 1 atom stereocenters. The zero-order valence-corrected chi connectivity index (χ0v) is 18.6. The maximum Gasteiger partial charge on any atom is 0.300 e. The molecule has 4 nitrogen and oxygen atoms in total. The zero-order chi connectivity index (χ0) is 21.6. The van der Waals surface area contributed by atoms with Crippen molar-refractivity contribution in [2.24, 2.45) is 0 Å². The molecule has 3 aromatic rings. The minimum atomic E-state index is -0.794. The number of aliphatic hydroxyl groups excluding tert-OH is 1. The van der Waals surface area contributed by atoms with E-state index >= 15 is 0 Å². The van der Waals surface area contributed by atoms with Crippen LogP contribution in [-0.2, 0) is 9.59 Å². The van der Waals surface area contributed by atoms with Crippen LogP contribution in [0.2, 0.25) is 15.1 Å². The fourth-order valence-electron chi connectivity index (χ4n) is 3.44. The Morgan fingerprint density at radius 2 is 1.80 bits per heavy atom. The van der Waals surface area contributed by atoms with Gasteiger partial charge in [-0.25, -0.2) is 0 Å². The summed E-state index contributed by atoms with van der Waals surface area (Å²) in [5, 5.41) is 13.9. The number of thiophene rings is 1. The molecule has 30 heavy (non-hydrogen) atoms. The van der Waals surface area contributed by atoms with Gasteiger partial charge in [0.25, 0.3) is 11.7 Å². The van der Waals surface area contributed by atoms with Gasteiger partial charge in [-0.3, -0.25) is 14.5 Å². The van der Waals surface area contributed by atoms with E-state index in [2.05, 4.69) is 0 Å². The molecular weight excluding hydrogens is 465 g/mol. The number of aryl methyl sites for hydroxylation is 1. The third-order valence-electron chi connectivity index (χ3n) is 4.87. The summed E-state index contributed by atoms with van der Waals surface area (Å²) in [4.78, 5) is 28.3. The molecular formula is C22H14Cl3NO3S. The Morgan fingerprint density at radius 1 is 1.03 bits per heavy atom. The average Bonchev–Trinajstić information content (AvgIpc) is 3.24. The van der Waals surface area contributed by atoms with Crippen molar-refractivity contribution in [2.45, 2.75) is 13.0 Å². The second kappa shape index (κ2) is 8.08. The van der Waals surface area contributed by atoms with E-state index in [0.717, 1.165) is 10.4 Å². The molecule has 1 aliphatic rings. The molecule has 0 aliphatic carbocycles. The van der Waals surface area contributed by atoms with E-state index in [-0.39, 0.29) is 16.4 Å². The Labute approximate surface area is 191 Å². The Morgan fingerprint density at radius 3 is 2.43 bits per heavy atom. The van der Waals surface area contributed by atoms with E-state index in [1.807, 2.05) is 18.4 Å². The number of rotatable bonds is 3. The number of halogens is 3. The van der Waals surface area contributed by atoms with Crippen LogP contribution in [0.15, 0.2) is 59.5 Å². The Kier molecular flexibility index (Phi) is 5.64. The lowest BCUT2D eigenvalue weighted by molar-refractivity contribution is -0.132. The number of aliphatic hydroxyl groups is 1. The van der Waals surface area contributed by atoms with Crippen LogP contribution in [-0.4, -0.2) is 16.8 Å². The van der Waals surface area contributed by atoms with Crippen LogP contribution in [0.3, 0.4) is 0 Å². The van der Waals surface area contributed by atoms with E-state index in [4.69, 9.17) is 34.8 Å². The third-order valence-corrected chi connectivity index (χ3v) is 6.92. The van der Waals surface area contributed by atoms with Gasteiger partial charge in [0, 0.05) is 21.2 Å². The van der Waals surface area contributed by atoms with E-state index in [1.54, 1.807) is 30.3 Å². The van der Waals surface area contributed by atoms with Gasteiger partial charge < -0.3 is 5.11 Å². The van der Waals surface area contributed by atoms with Crippen LogP contribution in [0.4, 0.5) is 5.69 Å². The minimum absolute atomic E-state index is 0.0103. The number of amides is 1. The summed E-state index contributed by atoms with van der Waals surface area (Å²) in [7, 11) is 0. The van der Waals surface area contributed by atoms with E-state index < -0.39 is 17.7 Å². The van der Waals surface area contributed by atoms with Crippen LogP contribution in [0.5, 0.6) is 0 Å². The summed E-state index contributed by atoms with van der Waals surface area (Å²) in [5.74, 6) is -1.83. The number of nitrogens with zero attached hydrogens (tertiary/aromatic N) is 1. The second-order valence-electron chi connectivity index (χ2n) is 6.75. The van der Waals surface area contributed by atoms with Gasteiger partial charge in [-0.1, -0.05) is 40.9 Å². The van der Waals surface area contributed by atoms with Gasteiger partial charge in [0.1, 0.15) is 11.8 Å². The van der Waals surface area contributed by atoms with E-state index in [1.165, 1.54) is 28.4 Å². The Bertz CT molecular complexity index is 1220. The lowest BCUT2D eigenvalue weighted by Gasteiger charge is -2.25. The van der Waals surface area contributed by atoms with Crippen LogP contribution in [0, 0.1) is 6.92 Å². The normalized spacial score (nSPS) is 18.3. The van der Waals surface area contributed by atoms with Crippen molar-refractivity contribution in [1.29, 1.82) is 0 Å². The first kappa shape index (κ1) is 20.9. The quantitative estimate of drug-likeness (QED) is 0.261. The third kappa shape index (κ3) is 3.52. The summed E-state index contributed by atoms with van der Waals surface area (Å²) in [6.07, 6.45) is 0. The average molecular weight is 479 g/mol. The van der Waals surface area contributed by atoms with Gasteiger partial charge in [0.15, 0.2) is 0 Å². The molecule has 152 valence electrons. The maximum atomic E-state index is 13.1. The monoisotopic (exact) mass is 477 g/mol. The minimum Gasteiger partial charge on any atom is -0.507 e. The fraction of sp³-hybridized carbons (Fsp3) is 0.0909. The SMILES string of the molecule is Cc1ccsc1C1/C(=C(/O)c2ccc(Cl)c(Cl)c2)C(=O)C(=O)N1c1cccc(Cl)c1. The molecule has 0 saturated carbocycles. The van der Waals surface area contributed by atoms with Gasteiger partial charge in [0.2, 0.25) is 0 Å². The lowest BCUT2D eigenvalue weighted by atomic mass is 9.98. The van der Waals surface area contributed by atoms with Gasteiger partial charge in [0.05, 0.1) is 15.6 Å². The number of benzene rings is 2. The van der Waals surface area contributed by atoms with Gasteiger partial charge in [-0.05, 0) is 60.3 Å². The predicted octanol–water partition coefficient (Wildman–Crippen LogP) is 6.64. The number of Topliss-reactive ketones (excluding diaryl/α,β-unsaturated/α-hetero) is 1. The Hall–Kier alpha value is -2.31. The molecule has 1 unspecified atom stereocenters. The number of ketones is 1. The van der Waals surface area contributed by atoms with Crippen molar-refractivity contribution in [1.82, 2.24) is 0 Å². The predicted molar refractivity (Wildman–Crippen MR) is 122 cm³/mol. The van der Waals surface area contributed by atoms with Crippen molar-refractivity contribution in [3.63, 3.8) is 0 Å². The van der Waals surface area contributed by atoms with Gasteiger partial charge in [-0.15, -0.1) is 11.3 Å². The first-order valence-electron chi connectivity index (χ1n) is 8.85. The molecule has 8 heteroatoms. The summed E-state index contributed by atoms with van der Waals surface area (Å²) in [6.45, 7) is 1.89. The van der Waals surface area contributed by atoms with Crippen molar-refractivity contribution >= 4 is 69.3 Å². The fourth-order valence-corrected chi connectivity index (χ4v) is 4.94. The molecule has 0 radical (unpaired) electrons. The number of carbonyl (C=O) groups is 2. The summed E-state index contributed by atoms with van der Waals surface area (Å²) >= 11 is 19.6. The van der Waals surface area contributed by atoms with E-state index in [9.17, 15) is 14.7 Å². The molecule has 0 bridgehead atoms. The van der Waals surface area contributed by atoms with Crippen molar-refractivity contribution in [2.75, 3.05) is 4.90 Å². The van der Waals surface area contributed by atoms with E-state index in [0.29, 0.717) is 21.3 Å². The number of anilines is 1. The Balaban J connectivity index is 1.97. The highest BCUT2D eigenvalue weighted by Gasteiger charge is 2.48. The molecule has 1 saturated heterocycles. The van der Waals surface area contributed by atoms with Crippen LogP contribution in [0.1, 0.15) is 22.0 Å². The first-order valence-corrected chi connectivity index (χ1v) is 10.9. The summed E-state index contributed by atoms with van der Waals surface area (Å²) in [5.41, 5.74) is 1.66. The summed E-state index contributed by atoms with van der Waals surface area (Å²) in [6, 6.07) is 12.3. The highest BCUT2D eigenvalue weighted by atomic mass is 35.5. The lowest BCUT2D eigenvalue weighted by Crippen LogP contribution is -2.29. The second-order valence-corrected chi connectivity index (χ2v) is 8.94. The molecule has 2 heterocycles. The number of hydrogen-bond acceptors (Lipinski definition) is 4. The molecule has 1 fully saturated rings. The molecule has 1 N–H and O–H groups in total. The molecule has 2 aromatic carbocycles. The molecule has 0 spiro atoms. The smallest absolute Gasteiger partial charge is 0.300 e. The van der Waals surface area contributed by atoms with Gasteiger partial charge >= 0.3 is 0 Å². The largest absolute Gasteiger partial charge is 0.507 e. The van der Waals surface area contributed by atoms with Crippen LogP contribution >= 0.6 is 46.1 Å². The maximum absolute atomic E-state index is 13.1. The molecule has 1 amide bonds. The topological polar surface area (TPSA) is 57.6 Å². The molecule has 4 rings (SSSR count). The zero-order valence-electron chi connectivity index (χ0n) is 15.5. The highest BCUT2D eigenvalue weighted by molar-refractivity contribution is 7.10. The van der Waals surface area contributed by atoms with Crippen LogP contribution in [0.25, 0.3) is 5.76 Å². The van der Waals surface area contributed by atoms with Crippen molar-refractivity contribution in [3.05, 3.63) is 90.6 Å². The summed E-state index contributed by atoms with van der Waals surface area (Å²) < 4.78 is 0. The van der Waals surface area contributed by atoms with Crippen molar-refractivity contribution < 1.29 is 14.7 Å². The van der Waals surface area contributed by atoms with Crippen LogP contribution < -0.4 is 4.90 Å². The standard InChI is InChI=1S/C22H14Cl3NO3S/c1-11-7-8-30-21(11)18-17(19(27)12-5-6-15(24)16(25)9-12)20(28)22(29)26(18)14-4-2-3-13(23)10-14/h2-10,18,27H,1H3/b19-17-. The van der Waals surface area contributed by atoms with Gasteiger partial charge in [-0.2, -0.15) is 0 Å². The highest BCUT2D eigenvalue weighted by Crippen LogP contribution is 2.45. The molecule has 1 aromatic heterocycles. The number of carbonyl (C=O) groups excluding carboxylic acids is 2.